The van der Waals surface area contributed by atoms with E-state index in [0.29, 0.717) is 5.82 Å². The van der Waals surface area contributed by atoms with Crippen molar-refractivity contribution in [3.05, 3.63) is 57.9 Å². The van der Waals surface area contributed by atoms with Crippen molar-refractivity contribution in [1.29, 1.82) is 0 Å². The van der Waals surface area contributed by atoms with E-state index in [1.807, 2.05) is 0 Å². The molecule has 0 aliphatic carbocycles. The summed E-state index contributed by atoms with van der Waals surface area (Å²) in [5.74, 6) is -0.522. The van der Waals surface area contributed by atoms with Crippen molar-refractivity contribution in [3.63, 3.8) is 0 Å². The molecule has 0 spiro atoms. The fourth-order valence-electron chi connectivity index (χ4n) is 3.36. The lowest BCUT2D eigenvalue weighted by atomic mass is 9.96. The number of hydrogen-bond donors (Lipinski definition) is 3. The zero-order chi connectivity index (χ0) is 29.6. The molecule has 12 nitrogen and oxygen atoms in total. The maximum absolute atomic E-state index is 14.8. The van der Waals surface area contributed by atoms with Gasteiger partial charge < -0.3 is 25.1 Å². The topological polar surface area (TPSA) is 161 Å². The zero-order valence-corrected chi connectivity index (χ0v) is 22.5. The van der Waals surface area contributed by atoms with Gasteiger partial charge in [-0.3, -0.25) is 19.2 Å². The first-order valence-corrected chi connectivity index (χ1v) is 12.0. The average Bonchev–Trinajstić information content (AvgIpc) is 3.32. The number of aromatic amines is 1. The lowest BCUT2D eigenvalue weighted by Gasteiger charge is -2.16. The lowest BCUT2D eigenvalue weighted by molar-refractivity contribution is -0.144. The van der Waals surface area contributed by atoms with Crippen molar-refractivity contribution >= 4 is 40.6 Å². The van der Waals surface area contributed by atoms with E-state index in [4.69, 9.17) is 0 Å². The number of fused-ring (bicyclic) bond motifs is 1. The Morgan fingerprint density at radius 3 is 2.50 bits per heavy atom. The number of esters is 2. The molecule has 2 heterocycles. The van der Waals surface area contributed by atoms with E-state index in [-0.39, 0.29) is 40.9 Å². The monoisotopic (exact) mass is 553 g/mol. The van der Waals surface area contributed by atoms with Crippen molar-refractivity contribution in [2.45, 2.75) is 39.7 Å². The molecule has 1 aromatic carbocycles. The van der Waals surface area contributed by atoms with Crippen LogP contribution in [0.3, 0.4) is 0 Å². The van der Waals surface area contributed by atoms with Crippen LogP contribution in [0, 0.1) is 23.2 Å². The zero-order valence-electron chi connectivity index (χ0n) is 22.5. The molecular formula is C27H28FN5O7. The molecule has 13 heteroatoms. The summed E-state index contributed by atoms with van der Waals surface area (Å²) >= 11 is 0. The second kappa shape index (κ2) is 12.2. The van der Waals surface area contributed by atoms with E-state index in [1.54, 1.807) is 20.8 Å². The summed E-state index contributed by atoms with van der Waals surface area (Å²) in [4.78, 5) is 68.1. The number of nitrogens with zero attached hydrogens (tertiary/aromatic N) is 2. The van der Waals surface area contributed by atoms with Crippen LogP contribution in [0.5, 0.6) is 0 Å². The molecule has 1 atom stereocenters. The molecule has 3 N–H and O–H groups in total. The number of anilines is 1. The molecular weight excluding hydrogens is 525 g/mol. The van der Waals surface area contributed by atoms with E-state index < -0.39 is 40.7 Å². The third-order valence-electron chi connectivity index (χ3n) is 5.67. The Kier molecular flexibility index (Phi) is 9.05. The standard InChI is InChI=1S/C27H28FN5O7/c1-27(2,3)26(38)32-20-13-17-22(31-20)29-14-33(24(17)36)11-10-15-6-7-16(18(28)12-15)23(35)30-19(25(37)40-5)8-9-21(34)39-4/h6-7,12-14,19,31H,8-9H2,1-5H3,(H,30,35)(H,32,38)/t19-/m0/s1. The molecule has 0 saturated heterocycles. The number of carbonyl (C=O) groups excluding carboxylic acids is 4. The van der Waals surface area contributed by atoms with Crippen LogP contribution in [0.15, 0.2) is 35.4 Å². The Hall–Kier alpha value is -4.99. The molecule has 2 aromatic heterocycles. The maximum Gasteiger partial charge on any atom is 0.328 e. The molecule has 0 radical (unpaired) electrons. The molecule has 40 heavy (non-hydrogen) atoms. The van der Waals surface area contributed by atoms with Crippen LogP contribution >= 0.6 is 0 Å². The van der Waals surface area contributed by atoms with E-state index in [2.05, 4.69) is 42.0 Å². The molecule has 0 bridgehead atoms. The number of methoxy groups -OCH3 is 2. The summed E-state index contributed by atoms with van der Waals surface area (Å²) in [7, 11) is 2.30. The van der Waals surface area contributed by atoms with Crippen LogP contribution in [0.4, 0.5) is 10.2 Å². The molecule has 0 saturated carbocycles. The molecule has 210 valence electrons. The number of amides is 2. The van der Waals surface area contributed by atoms with Crippen LogP contribution < -0.4 is 16.2 Å². The second-order valence-electron chi connectivity index (χ2n) is 9.66. The van der Waals surface area contributed by atoms with Gasteiger partial charge in [-0.1, -0.05) is 20.8 Å². The summed E-state index contributed by atoms with van der Waals surface area (Å²) < 4.78 is 24.9. The normalized spacial score (nSPS) is 11.7. The van der Waals surface area contributed by atoms with Gasteiger partial charge in [0.2, 0.25) is 5.91 Å². The van der Waals surface area contributed by atoms with Crippen molar-refractivity contribution in [2.24, 2.45) is 5.41 Å². The minimum Gasteiger partial charge on any atom is -0.469 e. The minimum atomic E-state index is -1.19. The molecule has 3 aromatic rings. The summed E-state index contributed by atoms with van der Waals surface area (Å²) in [5.41, 5.74) is -1.11. The number of ether oxygens (including phenoxy) is 2. The molecule has 0 aliphatic heterocycles. The summed E-state index contributed by atoms with van der Waals surface area (Å²) in [6.07, 6.45) is 0.918. The van der Waals surface area contributed by atoms with E-state index in [0.717, 1.165) is 17.7 Å². The van der Waals surface area contributed by atoms with Gasteiger partial charge in [-0.25, -0.2) is 18.7 Å². The van der Waals surface area contributed by atoms with Gasteiger partial charge in [0, 0.05) is 23.4 Å². The highest BCUT2D eigenvalue weighted by Gasteiger charge is 2.25. The van der Waals surface area contributed by atoms with Crippen molar-refractivity contribution in [1.82, 2.24) is 19.9 Å². The molecule has 0 aliphatic rings. The smallest absolute Gasteiger partial charge is 0.328 e. The van der Waals surface area contributed by atoms with Crippen molar-refractivity contribution in [2.75, 3.05) is 19.5 Å². The fourth-order valence-corrected chi connectivity index (χ4v) is 3.36. The average molecular weight is 554 g/mol. The Bertz CT molecular complexity index is 1590. The molecule has 0 fully saturated rings. The highest BCUT2D eigenvalue weighted by molar-refractivity contribution is 5.97. The number of hydrogen-bond acceptors (Lipinski definition) is 8. The maximum atomic E-state index is 14.8. The van der Waals surface area contributed by atoms with Crippen molar-refractivity contribution in [3.8, 4) is 12.0 Å². The SMILES string of the molecule is COC(=O)CC[C@H](NC(=O)c1ccc(C#Cn2cnc3[nH]c(NC(=O)C(C)(C)C)cc3c2=O)cc1F)C(=O)OC. The third-order valence-corrected chi connectivity index (χ3v) is 5.67. The Morgan fingerprint density at radius 2 is 1.88 bits per heavy atom. The Labute approximate surface area is 228 Å². The van der Waals surface area contributed by atoms with Gasteiger partial charge in [-0.2, -0.15) is 0 Å². The van der Waals surface area contributed by atoms with Gasteiger partial charge in [-0.05, 0) is 36.6 Å². The summed E-state index contributed by atoms with van der Waals surface area (Å²) in [6.45, 7) is 5.25. The number of H-pyrrole nitrogens is 1. The fraction of sp³-hybridized carbons (Fsp3) is 0.333. The van der Waals surface area contributed by atoms with Crippen LogP contribution in [0.25, 0.3) is 11.0 Å². The quantitative estimate of drug-likeness (QED) is 0.295. The number of benzene rings is 1. The van der Waals surface area contributed by atoms with Gasteiger partial charge in [-0.15, -0.1) is 0 Å². The predicted molar refractivity (Wildman–Crippen MR) is 142 cm³/mol. The first-order chi connectivity index (χ1) is 18.8. The summed E-state index contributed by atoms with van der Waals surface area (Å²) in [5, 5.41) is 5.23. The summed E-state index contributed by atoms with van der Waals surface area (Å²) in [6, 6.07) is 6.36. The number of halogens is 1. The molecule has 2 amide bonds. The van der Waals surface area contributed by atoms with Crippen LogP contribution in [-0.4, -0.2) is 58.5 Å². The van der Waals surface area contributed by atoms with Crippen LogP contribution in [0.2, 0.25) is 0 Å². The first-order valence-electron chi connectivity index (χ1n) is 12.0. The molecule has 3 rings (SSSR count). The Balaban J connectivity index is 1.78. The van der Waals surface area contributed by atoms with E-state index in [1.165, 1.54) is 31.6 Å². The van der Waals surface area contributed by atoms with Gasteiger partial charge >= 0.3 is 11.9 Å². The number of carbonyl (C=O) groups is 4. The van der Waals surface area contributed by atoms with Crippen molar-refractivity contribution < 1.29 is 33.0 Å². The first kappa shape index (κ1) is 29.6. The van der Waals surface area contributed by atoms with Gasteiger partial charge in [0.05, 0.1) is 25.2 Å². The second-order valence-corrected chi connectivity index (χ2v) is 9.66. The van der Waals surface area contributed by atoms with Crippen LogP contribution in [0.1, 0.15) is 49.5 Å². The highest BCUT2D eigenvalue weighted by Crippen LogP contribution is 2.19. The number of nitrogens with one attached hydrogen (secondary N) is 3. The van der Waals surface area contributed by atoms with E-state index in [9.17, 15) is 28.4 Å². The van der Waals surface area contributed by atoms with Crippen LogP contribution in [-0.2, 0) is 23.9 Å². The molecule has 0 unspecified atom stereocenters. The minimum absolute atomic E-state index is 0.102. The Morgan fingerprint density at radius 1 is 1.15 bits per heavy atom. The highest BCUT2D eigenvalue weighted by atomic mass is 19.1. The van der Waals surface area contributed by atoms with Gasteiger partial charge in [0.25, 0.3) is 11.5 Å². The van der Waals surface area contributed by atoms with E-state index >= 15 is 0 Å². The largest absolute Gasteiger partial charge is 0.469 e. The van der Waals surface area contributed by atoms with Gasteiger partial charge in [0.15, 0.2) is 0 Å². The predicted octanol–water partition coefficient (Wildman–Crippen LogP) is 1.93. The lowest BCUT2D eigenvalue weighted by Crippen LogP contribution is -2.42. The number of rotatable bonds is 7. The van der Waals surface area contributed by atoms with Gasteiger partial charge in [0.1, 0.15) is 29.7 Å². The third kappa shape index (κ3) is 7.10. The number of aromatic nitrogens is 3.